The molecule has 1 fully saturated rings. The van der Waals surface area contributed by atoms with Gasteiger partial charge in [-0.3, -0.25) is 0 Å². The lowest BCUT2D eigenvalue weighted by molar-refractivity contribution is -0.274. The lowest BCUT2D eigenvalue weighted by Gasteiger charge is -2.22. The molecule has 4 aromatic rings. The first kappa shape index (κ1) is 33.1. The number of hydrogen-bond donors (Lipinski definition) is 1. The van der Waals surface area contributed by atoms with Crippen molar-refractivity contribution in [1.29, 1.82) is 0 Å². The van der Waals surface area contributed by atoms with Gasteiger partial charge in [0, 0.05) is 30.1 Å². The highest BCUT2D eigenvalue weighted by atomic mass is 32.2. The van der Waals surface area contributed by atoms with Crippen LogP contribution in [0.2, 0.25) is 0 Å². The molecule has 12 heteroatoms. The third-order valence-electron chi connectivity index (χ3n) is 7.68. The highest BCUT2D eigenvalue weighted by Crippen LogP contribution is 2.31. The van der Waals surface area contributed by atoms with Crippen molar-refractivity contribution < 1.29 is 22.7 Å². The van der Waals surface area contributed by atoms with Gasteiger partial charge in [0.1, 0.15) is 12.1 Å². The number of aromatic nitrogens is 3. The third-order valence-corrected chi connectivity index (χ3v) is 8.64. The minimum atomic E-state index is -4.74. The van der Waals surface area contributed by atoms with Gasteiger partial charge in [0.15, 0.2) is 11.0 Å². The maximum absolute atomic E-state index is 12.7. The topological polar surface area (TPSA) is 84.6 Å². The standard InChI is InChI=1S/C34H37F3N6O2S/c1-4-6-26-9-8-23(2)21-30(26)42-19-20-46-33(42)40-32(44)38-18-5-7-24(3)25-10-12-27(13-11-25)31-39-22-43(41-31)28-14-16-29(17-15-28)45-34(35,36)37/h8-17,21-22,24H,4-7,18-20H2,1-3H3,(H,38,44). The summed E-state index contributed by atoms with van der Waals surface area (Å²) in [5.41, 5.74) is 6.17. The molecule has 1 aromatic heterocycles. The SMILES string of the molecule is CCCc1ccc(C)cc1N1CCSC1=NC(=O)NCCCC(C)c1ccc(-c2ncn(-c3ccc(OC(F)(F)F)cc3)n2)cc1. The van der Waals surface area contributed by atoms with Crippen LogP contribution in [0.1, 0.15) is 55.7 Å². The Morgan fingerprint density at radius 2 is 1.87 bits per heavy atom. The molecule has 0 bridgehead atoms. The Labute approximate surface area is 271 Å². The summed E-state index contributed by atoms with van der Waals surface area (Å²) in [5.74, 6) is 1.38. The van der Waals surface area contributed by atoms with E-state index in [4.69, 9.17) is 0 Å². The number of carbonyl (C=O) groups is 1. The summed E-state index contributed by atoms with van der Waals surface area (Å²) in [5, 5.41) is 8.18. The van der Waals surface area contributed by atoms with Crippen LogP contribution in [0, 0.1) is 6.92 Å². The van der Waals surface area contributed by atoms with E-state index in [0.717, 1.165) is 60.0 Å². The fraction of sp³-hybridized carbons (Fsp3) is 0.353. The van der Waals surface area contributed by atoms with E-state index in [9.17, 15) is 18.0 Å². The zero-order chi connectivity index (χ0) is 32.7. The van der Waals surface area contributed by atoms with Crippen molar-refractivity contribution in [3.05, 3.63) is 89.7 Å². The maximum atomic E-state index is 12.7. The average molecular weight is 651 g/mol. The molecule has 0 spiro atoms. The van der Waals surface area contributed by atoms with Crippen LogP contribution in [0.3, 0.4) is 0 Å². The van der Waals surface area contributed by atoms with E-state index in [1.807, 2.05) is 24.3 Å². The molecule has 1 N–H and O–H groups in total. The van der Waals surface area contributed by atoms with Crippen molar-refractivity contribution >= 4 is 28.6 Å². The second kappa shape index (κ2) is 14.8. The minimum Gasteiger partial charge on any atom is -0.406 e. The summed E-state index contributed by atoms with van der Waals surface area (Å²) in [6.07, 6.45) is 0.524. The molecule has 0 radical (unpaired) electrons. The summed E-state index contributed by atoms with van der Waals surface area (Å²) in [4.78, 5) is 23.6. The van der Waals surface area contributed by atoms with Crippen LogP contribution in [0.15, 0.2) is 78.0 Å². The lowest BCUT2D eigenvalue weighted by Crippen LogP contribution is -2.28. The van der Waals surface area contributed by atoms with Gasteiger partial charge in [0.2, 0.25) is 0 Å². The Morgan fingerprint density at radius 3 is 2.59 bits per heavy atom. The number of nitrogens with one attached hydrogen (secondary N) is 1. The molecule has 0 saturated carbocycles. The van der Waals surface area contributed by atoms with Crippen LogP contribution < -0.4 is 15.0 Å². The van der Waals surface area contributed by atoms with E-state index in [1.54, 1.807) is 11.8 Å². The first-order chi connectivity index (χ1) is 22.1. The average Bonchev–Trinajstić information content (AvgIpc) is 3.70. The number of hydrogen-bond acceptors (Lipinski definition) is 5. The van der Waals surface area contributed by atoms with Crippen LogP contribution in [0.5, 0.6) is 5.75 Å². The highest BCUT2D eigenvalue weighted by molar-refractivity contribution is 8.14. The van der Waals surface area contributed by atoms with Gasteiger partial charge in [-0.05, 0) is 79.1 Å². The van der Waals surface area contributed by atoms with Crippen molar-refractivity contribution in [3.8, 4) is 22.8 Å². The number of urea groups is 1. The number of halogens is 3. The van der Waals surface area contributed by atoms with Gasteiger partial charge >= 0.3 is 12.4 Å². The summed E-state index contributed by atoms with van der Waals surface area (Å²) in [7, 11) is 0. The van der Waals surface area contributed by atoms with E-state index in [-0.39, 0.29) is 17.7 Å². The Morgan fingerprint density at radius 1 is 1.11 bits per heavy atom. The number of aliphatic imine (C=N–C) groups is 1. The molecule has 1 unspecified atom stereocenters. The predicted octanol–water partition coefficient (Wildman–Crippen LogP) is 8.30. The van der Waals surface area contributed by atoms with E-state index in [1.165, 1.54) is 46.4 Å². The second-order valence-electron chi connectivity index (χ2n) is 11.2. The molecule has 2 amide bonds. The molecule has 2 heterocycles. The molecular weight excluding hydrogens is 613 g/mol. The first-order valence-corrected chi connectivity index (χ1v) is 16.3. The number of benzene rings is 3. The Kier molecular flexibility index (Phi) is 10.7. The van der Waals surface area contributed by atoms with Crippen LogP contribution in [-0.4, -0.2) is 51.2 Å². The number of anilines is 1. The first-order valence-electron chi connectivity index (χ1n) is 15.3. The zero-order valence-corrected chi connectivity index (χ0v) is 26.9. The molecular formula is C34H37F3N6O2S. The number of aryl methyl sites for hydroxylation is 2. The van der Waals surface area contributed by atoms with Crippen molar-refractivity contribution in [1.82, 2.24) is 20.1 Å². The number of thioether (sulfide) groups is 1. The van der Waals surface area contributed by atoms with Crippen molar-refractivity contribution in [2.75, 3.05) is 23.7 Å². The van der Waals surface area contributed by atoms with Crippen molar-refractivity contribution in [2.45, 2.75) is 58.7 Å². The number of carbonyl (C=O) groups excluding carboxylic acids is 1. The minimum absolute atomic E-state index is 0.277. The van der Waals surface area contributed by atoms with Gasteiger partial charge in [-0.1, -0.05) is 68.4 Å². The van der Waals surface area contributed by atoms with Crippen LogP contribution in [0.25, 0.3) is 17.1 Å². The van der Waals surface area contributed by atoms with E-state index in [2.05, 4.69) is 69.0 Å². The maximum Gasteiger partial charge on any atom is 0.573 e. The lowest BCUT2D eigenvalue weighted by atomic mass is 9.95. The van der Waals surface area contributed by atoms with Crippen LogP contribution in [0.4, 0.5) is 23.7 Å². The largest absolute Gasteiger partial charge is 0.573 e. The molecule has 1 aliphatic heterocycles. The van der Waals surface area contributed by atoms with Crippen LogP contribution in [-0.2, 0) is 6.42 Å². The van der Waals surface area contributed by atoms with Gasteiger partial charge in [-0.25, -0.2) is 14.5 Å². The molecule has 3 aromatic carbocycles. The van der Waals surface area contributed by atoms with Gasteiger partial charge in [-0.15, -0.1) is 18.3 Å². The molecule has 1 saturated heterocycles. The number of alkyl halides is 3. The number of rotatable bonds is 11. The molecule has 242 valence electrons. The Bertz CT molecular complexity index is 1650. The Balaban J connectivity index is 1.10. The zero-order valence-electron chi connectivity index (χ0n) is 26.1. The summed E-state index contributed by atoms with van der Waals surface area (Å²) < 4.78 is 42.7. The molecule has 0 aliphatic carbocycles. The molecule has 1 atom stereocenters. The summed E-state index contributed by atoms with van der Waals surface area (Å²) in [6, 6.07) is 19.6. The predicted molar refractivity (Wildman–Crippen MR) is 177 cm³/mol. The highest BCUT2D eigenvalue weighted by Gasteiger charge is 2.31. The molecule has 8 nitrogen and oxygen atoms in total. The van der Waals surface area contributed by atoms with Crippen LogP contribution >= 0.6 is 11.8 Å². The van der Waals surface area contributed by atoms with Gasteiger partial charge in [-0.2, -0.15) is 4.99 Å². The van der Waals surface area contributed by atoms with Gasteiger partial charge in [0.05, 0.1) is 5.69 Å². The van der Waals surface area contributed by atoms with Crippen molar-refractivity contribution in [3.63, 3.8) is 0 Å². The number of ether oxygens (including phenoxy) is 1. The number of amides is 2. The quantitative estimate of drug-likeness (QED) is 0.165. The summed E-state index contributed by atoms with van der Waals surface area (Å²) in [6.45, 7) is 7.79. The van der Waals surface area contributed by atoms with Gasteiger partial charge < -0.3 is 15.0 Å². The van der Waals surface area contributed by atoms with E-state index in [0.29, 0.717) is 18.1 Å². The fourth-order valence-electron chi connectivity index (χ4n) is 5.30. The monoisotopic (exact) mass is 650 g/mol. The third kappa shape index (κ3) is 8.68. The van der Waals surface area contributed by atoms with Crippen molar-refractivity contribution in [2.24, 2.45) is 4.99 Å². The Hall–Kier alpha value is -4.32. The van der Waals surface area contributed by atoms with E-state index < -0.39 is 6.36 Å². The number of amidine groups is 1. The van der Waals surface area contributed by atoms with E-state index >= 15 is 0 Å². The number of nitrogens with zero attached hydrogens (tertiary/aromatic N) is 5. The summed E-state index contributed by atoms with van der Waals surface area (Å²) >= 11 is 1.62. The fourth-order valence-corrected chi connectivity index (χ4v) is 6.25. The molecule has 46 heavy (non-hydrogen) atoms. The smallest absolute Gasteiger partial charge is 0.406 e. The molecule has 1 aliphatic rings. The normalized spacial score (nSPS) is 14.9. The van der Waals surface area contributed by atoms with Gasteiger partial charge in [0.25, 0.3) is 0 Å². The second-order valence-corrected chi connectivity index (χ2v) is 12.3. The molecule has 5 rings (SSSR count).